The number of hydrogen-bond acceptors (Lipinski definition) is 1. The molecule has 1 aromatic heterocycles. The van der Waals surface area contributed by atoms with Crippen LogP contribution in [0, 0.1) is 0 Å². The van der Waals surface area contributed by atoms with E-state index in [4.69, 9.17) is 34.8 Å². The van der Waals surface area contributed by atoms with E-state index in [2.05, 4.69) is 9.97 Å². The third-order valence-electron chi connectivity index (χ3n) is 3.07. The van der Waals surface area contributed by atoms with E-state index in [1.165, 1.54) is 0 Å². The highest BCUT2D eigenvalue weighted by atomic mass is 35.5. The molecule has 1 atom stereocenters. The summed E-state index contributed by atoms with van der Waals surface area (Å²) >= 11 is 18.4. The molecule has 3 rings (SSSR count). The van der Waals surface area contributed by atoms with Gasteiger partial charge in [0, 0.05) is 0 Å². The average molecular weight is 328 g/mol. The maximum Gasteiger partial charge on any atom is 0.323 e. The predicted molar refractivity (Wildman–Crippen MR) is 83.1 cm³/mol. The lowest BCUT2D eigenvalue weighted by Gasteiger charge is -2.11. The van der Waals surface area contributed by atoms with E-state index in [9.17, 15) is 4.79 Å². The summed E-state index contributed by atoms with van der Waals surface area (Å²) in [7, 11) is 0. The second-order valence-electron chi connectivity index (χ2n) is 4.42. The molecule has 0 saturated heterocycles. The molecular formula is C14H9Cl3N2O. The third-order valence-corrected chi connectivity index (χ3v) is 4.31. The van der Waals surface area contributed by atoms with Gasteiger partial charge in [0.25, 0.3) is 0 Å². The SMILES string of the molecule is O=c1[nH]c2ccc(C(Cl)c3ccc(Cl)c(Cl)c3)cc2[nH]1. The number of aromatic amines is 2. The van der Waals surface area contributed by atoms with Crippen LogP contribution in [-0.2, 0) is 0 Å². The highest BCUT2D eigenvalue weighted by Gasteiger charge is 2.13. The normalized spacial score (nSPS) is 12.8. The van der Waals surface area contributed by atoms with E-state index in [0.29, 0.717) is 10.0 Å². The van der Waals surface area contributed by atoms with Gasteiger partial charge >= 0.3 is 5.69 Å². The molecule has 0 bridgehead atoms. The van der Waals surface area contributed by atoms with Crippen LogP contribution in [0.1, 0.15) is 16.5 Å². The first-order valence-corrected chi connectivity index (χ1v) is 7.05. The Morgan fingerprint density at radius 3 is 2.25 bits per heavy atom. The van der Waals surface area contributed by atoms with Crippen molar-refractivity contribution < 1.29 is 0 Å². The molecule has 3 nitrogen and oxygen atoms in total. The van der Waals surface area contributed by atoms with E-state index >= 15 is 0 Å². The smallest absolute Gasteiger partial charge is 0.306 e. The molecule has 2 N–H and O–H groups in total. The highest BCUT2D eigenvalue weighted by Crippen LogP contribution is 2.33. The molecule has 0 fully saturated rings. The monoisotopic (exact) mass is 326 g/mol. The topological polar surface area (TPSA) is 48.6 Å². The standard InChI is InChI=1S/C14H9Cl3N2O/c15-9-3-1-7(5-10(9)16)13(17)8-2-4-11-12(6-8)19-14(20)18-11/h1-6,13H,(H2,18,19,20). The number of alkyl halides is 1. The summed E-state index contributed by atoms with van der Waals surface area (Å²) in [5.74, 6) is 0. The Hall–Kier alpha value is -1.42. The number of nitrogens with one attached hydrogen (secondary N) is 2. The van der Waals surface area contributed by atoms with Crippen molar-refractivity contribution in [2.24, 2.45) is 0 Å². The molecule has 0 saturated carbocycles. The fraction of sp³-hybridized carbons (Fsp3) is 0.0714. The van der Waals surface area contributed by atoms with E-state index in [1.807, 2.05) is 24.3 Å². The lowest BCUT2D eigenvalue weighted by atomic mass is 10.0. The number of H-pyrrole nitrogens is 2. The number of hydrogen-bond donors (Lipinski definition) is 2. The van der Waals surface area contributed by atoms with Gasteiger partial charge in [-0.25, -0.2) is 4.79 Å². The van der Waals surface area contributed by atoms with Crippen LogP contribution in [0.25, 0.3) is 11.0 Å². The average Bonchev–Trinajstić information content (AvgIpc) is 2.80. The van der Waals surface area contributed by atoms with Gasteiger partial charge in [-0.05, 0) is 35.4 Å². The Morgan fingerprint density at radius 1 is 0.850 bits per heavy atom. The van der Waals surface area contributed by atoms with E-state index in [1.54, 1.807) is 12.1 Å². The lowest BCUT2D eigenvalue weighted by molar-refractivity contribution is 1.14. The van der Waals surface area contributed by atoms with E-state index in [-0.39, 0.29) is 11.1 Å². The number of fused-ring (bicyclic) bond motifs is 1. The van der Waals surface area contributed by atoms with Crippen LogP contribution < -0.4 is 5.69 Å². The molecule has 0 radical (unpaired) electrons. The van der Waals surface area contributed by atoms with Crippen LogP contribution in [0.2, 0.25) is 10.0 Å². The maximum atomic E-state index is 11.2. The highest BCUT2D eigenvalue weighted by molar-refractivity contribution is 6.42. The summed E-state index contributed by atoms with van der Waals surface area (Å²) in [6.07, 6.45) is 0. The van der Waals surface area contributed by atoms with Crippen molar-refractivity contribution in [3.05, 3.63) is 68.1 Å². The van der Waals surface area contributed by atoms with Crippen molar-refractivity contribution in [1.29, 1.82) is 0 Å². The maximum absolute atomic E-state index is 11.2. The minimum Gasteiger partial charge on any atom is -0.306 e. The molecule has 0 amide bonds. The molecule has 0 aliphatic carbocycles. The Labute approximate surface area is 129 Å². The Bertz CT molecular complexity index is 838. The molecule has 20 heavy (non-hydrogen) atoms. The number of aromatic nitrogens is 2. The first-order valence-electron chi connectivity index (χ1n) is 5.85. The zero-order valence-electron chi connectivity index (χ0n) is 10.1. The molecule has 102 valence electrons. The van der Waals surface area contributed by atoms with Crippen molar-refractivity contribution in [1.82, 2.24) is 9.97 Å². The van der Waals surface area contributed by atoms with Crippen LogP contribution in [-0.4, -0.2) is 9.97 Å². The number of imidazole rings is 1. The van der Waals surface area contributed by atoms with Crippen LogP contribution >= 0.6 is 34.8 Å². The minimum atomic E-state index is -0.368. The zero-order valence-corrected chi connectivity index (χ0v) is 12.4. The van der Waals surface area contributed by atoms with Gasteiger partial charge in [-0.2, -0.15) is 0 Å². The van der Waals surface area contributed by atoms with Crippen molar-refractivity contribution in [3.8, 4) is 0 Å². The van der Waals surface area contributed by atoms with Crippen molar-refractivity contribution in [2.45, 2.75) is 5.38 Å². The lowest BCUT2D eigenvalue weighted by Crippen LogP contribution is -1.99. The van der Waals surface area contributed by atoms with Crippen molar-refractivity contribution in [3.63, 3.8) is 0 Å². The molecule has 0 aliphatic heterocycles. The van der Waals surface area contributed by atoms with Crippen LogP contribution in [0.15, 0.2) is 41.2 Å². The van der Waals surface area contributed by atoms with Gasteiger partial charge in [-0.15, -0.1) is 11.6 Å². The fourth-order valence-electron chi connectivity index (χ4n) is 2.07. The summed E-state index contributed by atoms with van der Waals surface area (Å²) in [5, 5.41) is 0.586. The number of benzene rings is 2. The van der Waals surface area contributed by atoms with Crippen molar-refractivity contribution in [2.75, 3.05) is 0 Å². The molecule has 6 heteroatoms. The predicted octanol–water partition coefficient (Wildman–Crippen LogP) is 4.49. The zero-order chi connectivity index (χ0) is 14.3. The molecule has 2 aromatic carbocycles. The van der Waals surface area contributed by atoms with Gasteiger partial charge in [0.15, 0.2) is 0 Å². The Balaban J connectivity index is 2.04. The molecular weight excluding hydrogens is 319 g/mol. The summed E-state index contributed by atoms with van der Waals surface area (Å²) < 4.78 is 0. The molecule has 0 aliphatic rings. The summed E-state index contributed by atoms with van der Waals surface area (Å²) in [4.78, 5) is 16.6. The summed E-state index contributed by atoms with van der Waals surface area (Å²) in [6.45, 7) is 0. The minimum absolute atomic E-state index is 0.238. The van der Waals surface area contributed by atoms with Gasteiger partial charge in [-0.1, -0.05) is 35.3 Å². The van der Waals surface area contributed by atoms with Gasteiger partial charge in [-0.3, -0.25) is 0 Å². The first kappa shape index (κ1) is 13.6. The van der Waals surface area contributed by atoms with Crippen LogP contribution in [0.4, 0.5) is 0 Å². The van der Waals surface area contributed by atoms with Gasteiger partial charge in [0.1, 0.15) is 0 Å². The Morgan fingerprint density at radius 2 is 1.50 bits per heavy atom. The number of halogens is 3. The Kier molecular flexibility index (Phi) is 3.50. The van der Waals surface area contributed by atoms with Crippen LogP contribution in [0.3, 0.4) is 0 Å². The molecule has 3 aromatic rings. The molecule has 0 spiro atoms. The second-order valence-corrected chi connectivity index (χ2v) is 5.67. The van der Waals surface area contributed by atoms with Gasteiger partial charge in [0.05, 0.1) is 26.5 Å². The largest absolute Gasteiger partial charge is 0.323 e. The summed E-state index contributed by atoms with van der Waals surface area (Å²) in [5.41, 5.74) is 2.94. The number of rotatable bonds is 2. The van der Waals surface area contributed by atoms with Crippen molar-refractivity contribution >= 4 is 45.8 Å². The fourth-order valence-corrected chi connectivity index (χ4v) is 2.65. The van der Waals surface area contributed by atoms with E-state index < -0.39 is 0 Å². The second kappa shape index (κ2) is 5.17. The quantitative estimate of drug-likeness (QED) is 0.669. The summed E-state index contributed by atoms with van der Waals surface area (Å²) in [6, 6.07) is 10.8. The van der Waals surface area contributed by atoms with Gasteiger partial charge < -0.3 is 9.97 Å². The molecule has 1 unspecified atom stereocenters. The van der Waals surface area contributed by atoms with Crippen LogP contribution in [0.5, 0.6) is 0 Å². The molecule has 1 heterocycles. The van der Waals surface area contributed by atoms with Gasteiger partial charge in [0.2, 0.25) is 0 Å². The first-order chi connectivity index (χ1) is 9.54. The van der Waals surface area contributed by atoms with E-state index in [0.717, 1.165) is 22.2 Å². The third kappa shape index (κ3) is 2.44.